The smallest absolute Gasteiger partial charge is 0.00925 e. The maximum absolute atomic E-state index is 3.54. The summed E-state index contributed by atoms with van der Waals surface area (Å²) in [6.45, 7) is 2.33. The van der Waals surface area contributed by atoms with E-state index in [0.717, 1.165) is 17.9 Å². The van der Waals surface area contributed by atoms with E-state index >= 15 is 0 Å². The van der Waals surface area contributed by atoms with Crippen LogP contribution in [0.4, 0.5) is 0 Å². The molecule has 16 heavy (non-hydrogen) atoms. The van der Waals surface area contributed by atoms with Crippen LogP contribution in [0.25, 0.3) is 0 Å². The first-order chi connectivity index (χ1) is 7.81. The zero-order valence-electron chi connectivity index (χ0n) is 11.3. The van der Waals surface area contributed by atoms with Crippen molar-refractivity contribution in [1.82, 2.24) is 5.32 Å². The van der Waals surface area contributed by atoms with Crippen LogP contribution in [-0.2, 0) is 0 Å². The van der Waals surface area contributed by atoms with Crippen LogP contribution in [-0.4, -0.2) is 25.1 Å². The minimum Gasteiger partial charge on any atom is -0.317 e. The molecule has 0 bridgehead atoms. The van der Waals surface area contributed by atoms with Crippen molar-refractivity contribution in [1.29, 1.82) is 0 Å². The highest BCUT2D eigenvalue weighted by molar-refractivity contribution is 7.98. The molecule has 0 spiro atoms. The first-order valence-electron chi connectivity index (χ1n) is 6.98. The average Bonchev–Trinajstić information content (AvgIpc) is 2.30. The van der Waals surface area contributed by atoms with Gasteiger partial charge >= 0.3 is 0 Å². The molecule has 0 radical (unpaired) electrons. The fourth-order valence-electron chi connectivity index (χ4n) is 3.22. The van der Waals surface area contributed by atoms with Gasteiger partial charge in [-0.1, -0.05) is 19.8 Å². The van der Waals surface area contributed by atoms with Gasteiger partial charge in [-0.3, -0.25) is 0 Å². The zero-order valence-corrected chi connectivity index (χ0v) is 12.1. The van der Waals surface area contributed by atoms with Gasteiger partial charge in [0.25, 0.3) is 0 Å². The van der Waals surface area contributed by atoms with Crippen LogP contribution in [0.15, 0.2) is 0 Å². The molecule has 1 aliphatic rings. The van der Waals surface area contributed by atoms with E-state index in [1.54, 1.807) is 0 Å². The van der Waals surface area contributed by atoms with Crippen molar-refractivity contribution in [3.63, 3.8) is 0 Å². The molecule has 1 aliphatic carbocycles. The molecule has 0 aromatic heterocycles. The van der Waals surface area contributed by atoms with Gasteiger partial charge in [0.2, 0.25) is 0 Å². The third-order valence-electron chi connectivity index (χ3n) is 4.08. The Balaban J connectivity index is 2.34. The molecule has 1 rings (SSSR count). The average molecular weight is 243 g/mol. The second kappa shape index (κ2) is 8.41. The summed E-state index contributed by atoms with van der Waals surface area (Å²) in [6, 6.07) is 0.801. The lowest BCUT2D eigenvalue weighted by molar-refractivity contribution is 0.191. The van der Waals surface area contributed by atoms with Crippen LogP contribution in [0.2, 0.25) is 0 Å². The van der Waals surface area contributed by atoms with E-state index in [-0.39, 0.29) is 0 Å². The Hall–Kier alpha value is 0.310. The molecule has 0 saturated heterocycles. The van der Waals surface area contributed by atoms with Crippen molar-refractivity contribution in [2.75, 3.05) is 19.1 Å². The van der Waals surface area contributed by atoms with Gasteiger partial charge in [0.1, 0.15) is 0 Å². The minimum absolute atomic E-state index is 0.801. The topological polar surface area (TPSA) is 12.0 Å². The first-order valence-corrected chi connectivity index (χ1v) is 8.37. The maximum atomic E-state index is 3.54. The molecule has 96 valence electrons. The van der Waals surface area contributed by atoms with Gasteiger partial charge in [-0.05, 0) is 63.0 Å². The summed E-state index contributed by atoms with van der Waals surface area (Å²) in [5.41, 5.74) is 0. The third-order valence-corrected chi connectivity index (χ3v) is 4.78. The van der Waals surface area contributed by atoms with Crippen LogP contribution < -0.4 is 5.32 Å². The lowest BCUT2D eigenvalue weighted by atomic mass is 9.74. The van der Waals surface area contributed by atoms with E-state index in [9.17, 15) is 0 Å². The molecule has 0 aromatic carbocycles. The van der Waals surface area contributed by atoms with E-state index in [2.05, 4.69) is 25.5 Å². The predicted molar refractivity (Wildman–Crippen MR) is 76.2 cm³/mol. The predicted octanol–water partition coefficient (Wildman–Crippen LogP) is 3.93. The highest BCUT2D eigenvalue weighted by atomic mass is 32.2. The van der Waals surface area contributed by atoms with Crippen LogP contribution in [0, 0.1) is 11.8 Å². The molecule has 0 heterocycles. The quantitative estimate of drug-likeness (QED) is 0.680. The Kier molecular flexibility index (Phi) is 7.55. The summed E-state index contributed by atoms with van der Waals surface area (Å²) in [7, 11) is 2.15. The van der Waals surface area contributed by atoms with Crippen molar-refractivity contribution < 1.29 is 0 Å². The first kappa shape index (κ1) is 14.4. The van der Waals surface area contributed by atoms with Gasteiger partial charge in [-0.15, -0.1) is 0 Å². The van der Waals surface area contributed by atoms with Crippen LogP contribution in [0.3, 0.4) is 0 Å². The number of nitrogens with one attached hydrogen (secondary N) is 1. The number of hydrogen-bond donors (Lipinski definition) is 1. The Morgan fingerprint density at radius 1 is 1.25 bits per heavy atom. The summed E-state index contributed by atoms with van der Waals surface area (Å²) in [4.78, 5) is 0. The Morgan fingerprint density at radius 3 is 2.69 bits per heavy atom. The molecule has 3 atom stereocenters. The van der Waals surface area contributed by atoms with Crippen LogP contribution >= 0.6 is 11.8 Å². The van der Waals surface area contributed by atoms with Crippen molar-refractivity contribution in [2.24, 2.45) is 11.8 Å². The zero-order chi connectivity index (χ0) is 11.8. The van der Waals surface area contributed by atoms with Crippen LogP contribution in [0.5, 0.6) is 0 Å². The van der Waals surface area contributed by atoms with Gasteiger partial charge in [0, 0.05) is 6.04 Å². The molecule has 3 unspecified atom stereocenters. The van der Waals surface area contributed by atoms with Gasteiger partial charge in [0.15, 0.2) is 0 Å². The Bertz CT molecular complexity index is 172. The highest BCUT2D eigenvalue weighted by Gasteiger charge is 2.28. The molecular formula is C14H29NS. The van der Waals surface area contributed by atoms with Crippen molar-refractivity contribution in [2.45, 2.75) is 57.9 Å². The van der Waals surface area contributed by atoms with Gasteiger partial charge in [-0.2, -0.15) is 11.8 Å². The molecule has 1 N–H and O–H groups in total. The van der Waals surface area contributed by atoms with E-state index in [0.29, 0.717) is 0 Å². The number of hydrogen-bond acceptors (Lipinski definition) is 2. The monoisotopic (exact) mass is 243 g/mol. The molecule has 2 heteroatoms. The molecule has 1 nitrogen and oxygen atoms in total. The van der Waals surface area contributed by atoms with Crippen molar-refractivity contribution in [3.05, 3.63) is 0 Å². The van der Waals surface area contributed by atoms with Crippen molar-refractivity contribution >= 4 is 11.8 Å². The second-order valence-electron chi connectivity index (χ2n) is 5.26. The normalized spacial score (nSPS) is 30.6. The SMILES string of the molecule is CCCC1CCC(NC)C(CCCSC)C1. The van der Waals surface area contributed by atoms with Crippen molar-refractivity contribution in [3.8, 4) is 0 Å². The van der Waals surface area contributed by atoms with E-state index in [1.807, 2.05) is 11.8 Å². The second-order valence-corrected chi connectivity index (χ2v) is 6.24. The standard InChI is InChI=1S/C14H29NS/c1-4-6-12-8-9-14(15-2)13(11-12)7-5-10-16-3/h12-15H,4-11H2,1-3H3. The van der Waals surface area contributed by atoms with E-state index < -0.39 is 0 Å². The fourth-order valence-corrected chi connectivity index (χ4v) is 3.68. The largest absolute Gasteiger partial charge is 0.317 e. The third kappa shape index (κ3) is 4.67. The molecule has 0 aliphatic heterocycles. The summed E-state index contributed by atoms with van der Waals surface area (Å²) < 4.78 is 0. The minimum atomic E-state index is 0.801. The molecule has 1 saturated carbocycles. The van der Waals surface area contributed by atoms with Gasteiger partial charge in [-0.25, -0.2) is 0 Å². The number of rotatable bonds is 7. The molecule has 0 aromatic rings. The van der Waals surface area contributed by atoms with Crippen LogP contribution in [0.1, 0.15) is 51.9 Å². The summed E-state index contributed by atoms with van der Waals surface area (Å²) in [5, 5.41) is 3.54. The number of thioether (sulfide) groups is 1. The van der Waals surface area contributed by atoms with E-state index in [1.165, 1.54) is 50.7 Å². The summed E-state index contributed by atoms with van der Waals surface area (Å²) >= 11 is 1.99. The lowest BCUT2D eigenvalue weighted by Gasteiger charge is -2.36. The van der Waals surface area contributed by atoms with Gasteiger partial charge in [0.05, 0.1) is 0 Å². The lowest BCUT2D eigenvalue weighted by Crippen LogP contribution is -2.38. The summed E-state index contributed by atoms with van der Waals surface area (Å²) in [5.74, 6) is 3.31. The summed E-state index contributed by atoms with van der Waals surface area (Å²) in [6.07, 6.45) is 12.2. The molecular weight excluding hydrogens is 214 g/mol. The molecule has 0 amide bonds. The maximum Gasteiger partial charge on any atom is 0.00925 e. The Morgan fingerprint density at radius 2 is 2.06 bits per heavy atom. The highest BCUT2D eigenvalue weighted by Crippen LogP contribution is 2.34. The fraction of sp³-hybridized carbons (Fsp3) is 1.00. The van der Waals surface area contributed by atoms with Gasteiger partial charge < -0.3 is 5.32 Å². The molecule has 1 fully saturated rings. The van der Waals surface area contributed by atoms with E-state index in [4.69, 9.17) is 0 Å². The Labute approximate surface area is 106 Å².